The summed E-state index contributed by atoms with van der Waals surface area (Å²) in [6, 6.07) is 5.54. The molecule has 0 saturated heterocycles. The number of ether oxygens (including phenoxy) is 3. The summed E-state index contributed by atoms with van der Waals surface area (Å²) < 4.78 is 15.6. The summed E-state index contributed by atoms with van der Waals surface area (Å²) in [5, 5.41) is 3.09. The standard InChI is InChI=1S/C16H25N3O3/c1-20-9-8-16(6-7-16)11-18-15(17)19-12-4-5-13(21-2)14(10-12)22-3/h4-5,10H,6-9,11H2,1-3H3,(H3,17,18,19). The van der Waals surface area contributed by atoms with Crippen LogP contribution in [0.1, 0.15) is 19.3 Å². The number of benzene rings is 1. The van der Waals surface area contributed by atoms with Crippen LogP contribution in [-0.4, -0.2) is 40.4 Å². The van der Waals surface area contributed by atoms with Crippen molar-refractivity contribution in [2.45, 2.75) is 19.3 Å². The zero-order chi connectivity index (χ0) is 16.0. The van der Waals surface area contributed by atoms with E-state index in [0.29, 0.717) is 22.9 Å². The third-order valence-corrected chi connectivity index (χ3v) is 4.03. The minimum Gasteiger partial charge on any atom is -0.493 e. The number of anilines is 1. The smallest absolute Gasteiger partial charge is 0.193 e. The second kappa shape index (κ2) is 7.35. The number of aliphatic imine (C=N–C) groups is 1. The van der Waals surface area contributed by atoms with Gasteiger partial charge in [-0.25, -0.2) is 0 Å². The van der Waals surface area contributed by atoms with Crippen molar-refractivity contribution in [1.82, 2.24) is 0 Å². The number of guanidine groups is 1. The van der Waals surface area contributed by atoms with E-state index in [2.05, 4.69) is 10.3 Å². The Balaban J connectivity index is 1.94. The van der Waals surface area contributed by atoms with Crippen LogP contribution in [0.25, 0.3) is 0 Å². The fourth-order valence-corrected chi connectivity index (χ4v) is 2.34. The zero-order valence-corrected chi connectivity index (χ0v) is 13.5. The van der Waals surface area contributed by atoms with Crippen LogP contribution in [0.15, 0.2) is 23.2 Å². The van der Waals surface area contributed by atoms with Gasteiger partial charge in [0.25, 0.3) is 0 Å². The fraction of sp³-hybridized carbons (Fsp3) is 0.562. The van der Waals surface area contributed by atoms with Crippen LogP contribution >= 0.6 is 0 Å². The maximum Gasteiger partial charge on any atom is 0.193 e. The Kier molecular flexibility index (Phi) is 5.49. The van der Waals surface area contributed by atoms with Crippen molar-refractivity contribution in [3.63, 3.8) is 0 Å². The van der Waals surface area contributed by atoms with Gasteiger partial charge in [0.1, 0.15) is 0 Å². The molecular formula is C16H25N3O3. The molecule has 1 aromatic rings. The maximum atomic E-state index is 5.97. The van der Waals surface area contributed by atoms with Crippen LogP contribution in [0.4, 0.5) is 5.69 Å². The van der Waals surface area contributed by atoms with Crippen molar-refractivity contribution in [1.29, 1.82) is 0 Å². The molecule has 0 amide bonds. The highest BCUT2D eigenvalue weighted by atomic mass is 16.5. The van der Waals surface area contributed by atoms with E-state index in [1.807, 2.05) is 18.2 Å². The first-order valence-corrected chi connectivity index (χ1v) is 7.40. The predicted octanol–water partition coefficient (Wildman–Crippen LogP) is 2.25. The Hall–Kier alpha value is -1.95. The molecule has 122 valence electrons. The minimum absolute atomic E-state index is 0.292. The normalized spacial score (nSPS) is 16.2. The summed E-state index contributed by atoms with van der Waals surface area (Å²) in [6.07, 6.45) is 3.43. The lowest BCUT2D eigenvalue weighted by atomic mass is 10.0. The highest BCUT2D eigenvalue weighted by Crippen LogP contribution is 2.48. The van der Waals surface area contributed by atoms with E-state index >= 15 is 0 Å². The Morgan fingerprint density at radius 2 is 1.95 bits per heavy atom. The monoisotopic (exact) mass is 307 g/mol. The second-order valence-corrected chi connectivity index (χ2v) is 5.64. The number of hydrogen-bond donors (Lipinski definition) is 2. The largest absolute Gasteiger partial charge is 0.493 e. The lowest BCUT2D eigenvalue weighted by Crippen LogP contribution is -2.24. The van der Waals surface area contributed by atoms with Gasteiger partial charge in [0.2, 0.25) is 0 Å². The molecule has 2 rings (SSSR count). The summed E-state index contributed by atoms with van der Waals surface area (Å²) in [5.41, 5.74) is 7.08. The summed E-state index contributed by atoms with van der Waals surface area (Å²) in [6.45, 7) is 1.51. The first kappa shape index (κ1) is 16.4. The van der Waals surface area contributed by atoms with E-state index < -0.39 is 0 Å². The van der Waals surface area contributed by atoms with Crippen molar-refractivity contribution in [3.05, 3.63) is 18.2 Å². The molecule has 3 N–H and O–H groups in total. The third-order valence-electron chi connectivity index (χ3n) is 4.03. The van der Waals surface area contributed by atoms with Gasteiger partial charge in [-0.1, -0.05) is 0 Å². The van der Waals surface area contributed by atoms with E-state index in [-0.39, 0.29) is 0 Å². The molecule has 0 unspecified atom stereocenters. The van der Waals surface area contributed by atoms with Gasteiger partial charge >= 0.3 is 0 Å². The molecule has 0 atom stereocenters. The van der Waals surface area contributed by atoms with Crippen molar-refractivity contribution in [2.75, 3.05) is 39.8 Å². The molecule has 0 heterocycles. The number of methoxy groups -OCH3 is 3. The summed E-state index contributed by atoms with van der Waals surface area (Å²) in [4.78, 5) is 4.46. The van der Waals surface area contributed by atoms with Gasteiger partial charge in [-0.05, 0) is 36.8 Å². The van der Waals surface area contributed by atoms with Crippen molar-refractivity contribution >= 4 is 11.6 Å². The highest BCUT2D eigenvalue weighted by molar-refractivity contribution is 5.92. The van der Waals surface area contributed by atoms with E-state index in [9.17, 15) is 0 Å². The quantitative estimate of drug-likeness (QED) is 0.569. The van der Waals surface area contributed by atoms with Crippen LogP contribution in [0, 0.1) is 5.41 Å². The lowest BCUT2D eigenvalue weighted by molar-refractivity contribution is 0.174. The third kappa shape index (κ3) is 4.27. The molecule has 6 nitrogen and oxygen atoms in total. The lowest BCUT2D eigenvalue weighted by Gasteiger charge is -2.13. The molecule has 22 heavy (non-hydrogen) atoms. The maximum absolute atomic E-state index is 5.97. The number of nitrogens with one attached hydrogen (secondary N) is 1. The van der Waals surface area contributed by atoms with Crippen LogP contribution in [0.5, 0.6) is 11.5 Å². The molecule has 1 saturated carbocycles. The minimum atomic E-state index is 0.292. The van der Waals surface area contributed by atoms with Gasteiger partial charge in [0.15, 0.2) is 17.5 Å². The molecule has 1 aliphatic carbocycles. The molecule has 1 aliphatic rings. The first-order valence-electron chi connectivity index (χ1n) is 7.40. The molecular weight excluding hydrogens is 282 g/mol. The summed E-state index contributed by atoms with van der Waals surface area (Å²) in [7, 11) is 4.94. The average molecular weight is 307 g/mol. The van der Waals surface area contributed by atoms with Crippen LogP contribution in [-0.2, 0) is 4.74 Å². The molecule has 6 heteroatoms. The fourth-order valence-electron chi connectivity index (χ4n) is 2.34. The predicted molar refractivity (Wildman–Crippen MR) is 87.8 cm³/mol. The number of hydrogen-bond acceptors (Lipinski definition) is 4. The Morgan fingerprint density at radius 1 is 1.23 bits per heavy atom. The summed E-state index contributed by atoms with van der Waals surface area (Å²) in [5.74, 6) is 1.75. The average Bonchev–Trinajstić information content (AvgIpc) is 3.31. The van der Waals surface area contributed by atoms with E-state index in [1.54, 1.807) is 21.3 Å². The van der Waals surface area contributed by atoms with Crippen LogP contribution in [0.3, 0.4) is 0 Å². The van der Waals surface area contributed by atoms with Crippen molar-refractivity contribution in [2.24, 2.45) is 16.1 Å². The van der Waals surface area contributed by atoms with Crippen LogP contribution < -0.4 is 20.5 Å². The number of rotatable bonds is 8. The van der Waals surface area contributed by atoms with Gasteiger partial charge in [-0.3, -0.25) is 4.99 Å². The second-order valence-electron chi connectivity index (χ2n) is 5.64. The molecule has 0 spiro atoms. The van der Waals surface area contributed by atoms with Gasteiger partial charge in [0.05, 0.1) is 14.2 Å². The van der Waals surface area contributed by atoms with Crippen molar-refractivity contribution < 1.29 is 14.2 Å². The Labute approximate surface area is 131 Å². The molecule has 0 bridgehead atoms. The number of nitrogens with two attached hydrogens (primary N) is 1. The molecule has 1 aromatic carbocycles. The van der Waals surface area contributed by atoms with E-state index in [1.165, 1.54) is 12.8 Å². The van der Waals surface area contributed by atoms with Gasteiger partial charge in [-0.2, -0.15) is 0 Å². The van der Waals surface area contributed by atoms with Crippen LogP contribution in [0.2, 0.25) is 0 Å². The topological polar surface area (TPSA) is 78.1 Å². The molecule has 0 aliphatic heterocycles. The summed E-state index contributed by atoms with van der Waals surface area (Å²) >= 11 is 0. The van der Waals surface area contributed by atoms with Gasteiger partial charge in [-0.15, -0.1) is 0 Å². The Morgan fingerprint density at radius 3 is 2.55 bits per heavy atom. The molecule has 1 fully saturated rings. The van der Waals surface area contributed by atoms with Gasteiger partial charge in [0, 0.05) is 32.0 Å². The van der Waals surface area contributed by atoms with E-state index in [4.69, 9.17) is 19.9 Å². The molecule has 0 aromatic heterocycles. The van der Waals surface area contributed by atoms with Crippen molar-refractivity contribution in [3.8, 4) is 11.5 Å². The first-order chi connectivity index (χ1) is 10.6. The number of nitrogens with zero attached hydrogens (tertiary/aromatic N) is 1. The molecule has 0 radical (unpaired) electrons. The van der Waals surface area contributed by atoms with E-state index in [0.717, 1.165) is 25.3 Å². The Bertz CT molecular complexity index is 527. The zero-order valence-electron chi connectivity index (χ0n) is 13.5. The SMILES string of the molecule is COCCC1(CN=C(N)Nc2ccc(OC)c(OC)c2)CC1. The van der Waals surface area contributed by atoms with Gasteiger partial charge < -0.3 is 25.3 Å². The highest BCUT2D eigenvalue weighted by Gasteiger charge is 2.41.